The molecule has 2 rings (SSSR count). The van der Waals surface area contributed by atoms with Crippen molar-refractivity contribution in [2.75, 3.05) is 13.7 Å². The second-order valence-corrected chi connectivity index (χ2v) is 4.26. The quantitative estimate of drug-likeness (QED) is 0.876. The largest absolute Gasteiger partial charge is 0.484 e. The zero-order valence-electron chi connectivity index (χ0n) is 10.5. The lowest BCUT2D eigenvalue weighted by Crippen LogP contribution is -2.60. The number of nitrogens with one attached hydrogen (secondary N) is 1. The molecule has 1 aromatic rings. The van der Waals surface area contributed by atoms with Crippen LogP contribution in [-0.4, -0.2) is 31.9 Å². The molecule has 0 heterocycles. The monoisotopic (exact) mass is 257 g/mol. The Bertz CT molecular complexity index is 414. The zero-order chi connectivity index (χ0) is 13.1. The summed E-state index contributed by atoms with van der Waals surface area (Å²) in [4.78, 5) is 0. The molecule has 18 heavy (non-hydrogen) atoms. The third-order valence-corrected chi connectivity index (χ3v) is 3.17. The van der Waals surface area contributed by atoms with E-state index in [0.29, 0.717) is 6.61 Å². The zero-order valence-corrected chi connectivity index (χ0v) is 10.5. The van der Waals surface area contributed by atoms with Crippen molar-refractivity contribution in [1.29, 1.82) is 0 Å². The van der Waals surface area contributed by atoms with Gasteiger partial charge >= 0.3 is 0 Å². The van der Waals surface area contributed by atoms with Crippen LogP contribution < -0.4 is 10.1 Å². The van der Waals surface area contributed by atoms with E-state index in [9.17, 15) is 8.78 Å². The molecule has 1 saturated carbocycles. The predicted octanol–water partition coefficient (Wildman–Crippen LogP) is 2.11. The van der Waals surface area contributed by atoms with Crippen molar-refractivity contribution in [3.05, 3.63) is 29.8 Å². The van der Waals surface area contributed by atoms with Crippen LogP contribution in [0.5, 0.6) is 5.75 Å². The van der Waals surface area contributed by atoms with Gasteiger partial charge in [0.15, 0.2) is 11.6 Å². The topological polar surface area (TPSA) is 30.5 Å². The maximum absolute atomic E-state index is 13.5. The number of likely N-dealkylation sites (N-methyl/N-ethyl adjacent to an activating group) is 1. The minimum atomic E-state index is -0.944. The van der Waals surface area contributed by atoms with E-state index in [1.165, 1.54) is 12.1 Å². The number of hydrogen-bond donors (Lipinski definition) is 1. The van der Waals surface area contributed by atoms with Crippen LogP contribution in [0, 0.1) is 11.6 Å². The summed E-state index contributed by atoms with van der Waals surface area (Å²) in [7, 11) is 1.84. The lowest BCUT2D eigenvalue weighted by molar-refractivity contribution is -0.104. The van der Waals surface area contributed by atoms with E-state index in [4.69, 9.17) is 9.47 Å². The van der Waals surface area contributed by atoms with Crippen LogP contribution in [0.1, 0.15) is 13.3 Å². The van der Waals surface area contributed by atoms with E-state index >= 15 is 0 Å². The van der Waals surface area contributed by atoms with Crippen molar-refractivity contribution >= 4 is 0 Å². The fraction of sp³-hybridized carbons (Fsp3) is 0.538. The average molecular weight is 257 g/mol. The molecule has 0 aliphatic heterocycles. The predicted molar refractivity (Wildman–Crippen MR) is 63.7 cm³/mol. The van der Waals surface area contributed by atoms with Crippen molar-refractivity contribution < 1.29 is 18.3 Å². The minimum absolute atomic E-state index is 0.0562. The number of ether oxygens (including phenoxy) is 2. The van der Waals surface area contributed by atoms with Gasteiger partial charge < -0.3 is 14.8 Å². The molecule has 0 bridgehead atoms. The molecule has 1 aliphatic rings. The number of halogens is 2. The van der Waals surface area contributed by atoms with Gasteiger partial charge in [-0.3, -0.25) is 0 Å². The Balaban J connectivity index is 2.03. The highest BCUT2D eigenvalue weighted by Crippen LogP contribution is 2.30. The molecule has 0 radical (unpaired) electrons. The lowest BCUT2D eigenvalue weighted by atomic mass is 9.85. The second kappa shape index (κ2) is 5.63. The summed E-state index contributed by atoms with van der Waals surface area (Å²) >= 11 is 0. The number of rotatable bonds is 5. The van der Waals surface area contributed by atoms with Crippen LogP contribution in [0.25, 0.3) is 0 Å². The van der Waals surface area contributed by atoms with E-state index in [1.807, 2.05) is 14.0 Å². The molecule has 0 amide bonds. The van der Waals surface area contributed by atoms with Gasteiger partial charge in [-0.2, -0.15) is 4.39 Å². The summed E-state index contributed by atoms with van der Waals surface area (Å²) < 4.78 is 37.5. The third kappa shape index (κ3) is 2.47. The number of hydrogen-bond acceptors (Lipinski definition) is 3. The summed E-state index contributed by atoms with van der Waals surface area (Å²) in [5, 5.41) is 3.11. The molecule has 3 nitrogen and oxygen atoms in total. The van der Waals surface area contributed by atoms with Crippen molar-refractivity contribution in [2.24, 2.45) is 0 Å². The van der Waals surface area contributed by atoms with Crippen LogP contribution in [0.4, 0.5) is 8.78 Å². The van der Waals surface area contributed by atoms with Gasteiger partial charge in [0.2, 0.25) is 5.82 Å². The van der Waals surface area contributed by atoms with Crippen LogP contribution in [0.3, 0.4) is 0 Å². The highest BCUT2D eigenvalue weighted by molar-refractivity contribution is 5.26. The van der Waals surface area contributed by atoms with E-state index < -0.39 is 11.6 Å². The first-order chi connectivity index (χ1) is 8.67. The van der Waals surface area contributed by atoms with E-state index in [1.54, 1.807) is 0 Å². The average Bonchev–Trinajstić information content (AvgIpc) is 2.36. The molecular formula is C13H17F2NO2. The molecule has 1 aliphatic carbocycles. The first-order valence-corrected chi connectivity index (χ1v) is 6.07. The molecule has 3 unspecified atom stereocenters. The third-order valence-electron chi connectivity index (χ3n) is 3.17. The summed E-state index contributed by atoms with van der Waals surface area (Å²) in [6.45, 7) is 2.46. The van der Waals surface area contributed by atoms with Gasteiger partial charge in [-0.05, 0) is 26.1 Å². The maximum atomic E-state index is 13.5. The molecule has 1 N–H and O–H groups in total. The number of benzene rings is 1. The van der Waals surface area contributed by atoms with Gasteiger partial charge in [0, 0.05) is 19.1 Å². The van der Waals surface area contributed by atoms with Crippen molar-refractivity contribution in [1.82, 2.24) is 5.32 Å². The maximum Gasteiger partial charge on any atom is 0.200 e. The van der Waals surface area contributed by atoms with E-state index in [2.05, 4.69) is 5.32 Å². The molecule has 1 fully saturated rings. The van der Waals surface area contributed by atoms with Gasteiger partial charge in [-0.1, -0.05) is 6.07 Å². The van der Waals surface area contributed by atoms with E-state index in [0.717, 1.165) is 12.5 Å². The van der Waals surface area contributed by atoms with Gasteiger partial charge in [0.1, 0.15) is 12.2 Å². The standard InChI is InChI=1S/C13H17F2NO2/c1-3-17-13-9(16-2)7-11(13)18-10-6-4-5-8(14)12(10)15/h4-6,9,11,13,16H,3,7H2,1-2H3. The van der Waals surface area contributed by atoms with Gasteiger partial charge in [0.05, 0.1) is 0 Å². The second-order valence-electron chi connectivity index (χ2n) is 4.26. The normalized spacial score (nSPS) is 26.8. The van der Waals surface area contributed by atoms with Gasteiger partial charge in [0.25, 0.3) is 0 Å². The molecule has 0 spiro atoms. The summed E-state index contributed by atoms with van der Waals surface area (Å²) in [5.41, 5.74) is 0. The fourth-order valence-electron chi connectivity index (χ4n) is 2.13. The van der Waals surface area contributed by atoms with E-state index in [-0.39, 0.29) is 24.0 Å². The lowest BCUT2D eigenvalue weighted by Gasteiger charge is -2.43. The van der Waals surface area contributed by atoms with Crippen molar-refractivity contribution in [3.8, 4) is 5.75 Å². The first-order valence-electron chi connectivity index (χ1n) is 6.07. The molecular weight excluding hydrogens is 240 g/mol. The molecule has 3 atom stereocenters. The Hall–Kier alpha value is -1.20. The smallest absolute Gasteiger partial charge is 0.200 e. The van der Waals surface area contributed by atoms with Crippen LogP contribution in [0.15, 0.2) is 18.2 Å². The molecule has 5 heteroatoms. The Labute approximate surface area is 105 Å². The Morgan fingerprint density at radius 1 is 1.39 bits per heavy atom. The minimum Gasteiger partial charge on any atom is -0.484 e. The fourth-order valence-corrected chi connectivity index (χ4v) is 2.13. The Morgan fingerprint density at radius 3 is 2.83 bits per heavy atom. The SMILES string of the molecule is CCOC1C(NC)CC1Oc1cccc(F)c1F. The highest BCUT2D eigenvalue weighted by Gasteiger charge is 2.43. The van der Waals surface area contributed by atoms with Crippen LogP contribution >= 0.6 is 0 Å². The van der Waals surface area contributed by atoms with Crippen molar-refractivity contribution in [3.63, 3.8) is 0 Å². The van der Waals surface area contributed by atoms with Crippen LogP contribution in [-0.2, 0) is 4.74 Å². The van der Waals surface area contributed by atoms with Crippen LogP contribution in [0.2, 0.25) is 0 Å². The summed E-state index contributed by atoms with van der Waals surface area (Å²) in [6, 6.07) is 4.12. The summed E-state index contributed by atoms with van der Waals surface area (Å²) in [5.74, 6) is -1.90. The Kier molecular flexibility index (Phi) is 4.14. The first kappa shape index (κ1) is 13.2. The Morgan fingerprint density at radius 2 is 2.17 bits per heavy atom. The summed E-state index contributed by atoms with van der Waals surface area (Å²) in [6.07, 6.45) is 0.360. The molecule has 100 valence electrons. The highest BCUT2D eigenvalue weighted by atomic mass is 19.2. The molecule has 0 aromatic heterocycles. The van der Waals surface area contributed by atoms with Crippen molar-refractivity contribution in [2.45, 2.75) is 31.6 Å². The molecule has 1 aromatic carbocycles. The van der Waals surface area contributed by atoms with Gasteiger partial charge in [-0.25, -0.2) is 4.39 Å². The molecule has 0 saturated heterocycles. The van der Waals surface area contributed by atoms with Gasteiger partial charge in [-0.15, -0.1) is 0 Å².